The van der Waals surface area contributed by atoms with Gasteiger partial charge in [0.25, 0.3) is 0 Å². The van der Waals surface area contributed by atoms with Crippen LogP contribution >= 0.6 is 11.6 Å². The Hall–Kier alpha value is -1.40. The summed E-state index contributed by atoms with van der Waals surface area (Å²) in [6.45, 7) is 10.2. The highest BCUT2D eigenvalue weighted by Crippen LogP contribution is 2.16. The fourth-order valence-electron chi connectivity index (χ4n) is 2.46. The maximum atomic E-state index is 12.5. The largest absolute Gasteiger partial charge is 0.382 e. The zero-order valence-electron chi connectivity index (χ0n) is 15.8. The number of ether oxygens (including phenoxy) is 1. The van der Waals surface area contributed by atoms with E-state index in [2.05, 4.69) is 41.4 Å². The van der Waals surface area contributed by atoms with Gasteiger partial charge in [-0.2, -0.15) is 0 Å². The van der Waals surface area contributed by atoms with Gasteiger partial charge < -0.3 is 15.4 Å². The van der Waals surface area contributed by atoms with Gasteiger partial charge in [0.2, 0.25) is 11.2 Å². The van der Waals surface area contributed by atoms with E-state index in [1.54, 1.807) is 0 Å². The predicted octanol–water partition coefficient (Wildman–Crippen LogP) is 3.45. The molecule has 1 rings (SSSR count). The zero-order chi connectivity index (χ0) is 18.7. The van der Waals surface area contributed by atoms with Crippen LogP contribution in [0.25, 0.3) is 0 Å². The van der Waals surface area contributed by atoms with E-state index >= 15 is 0 Å². The SMILES string of the molecule is CCCc1cc(N[C@@H](CC(C)C)C(=O)NCCCOCC)nc(Cl)n1. The summed E-state index contributed by atoms with van der Waals surface area (Å²) in [7, 11) is 0. The maximum absolute atomic E-state index is 12.5. The van der Waals surface area contributed by atoms with Crippen molar-refractivity contribution >= 4 is 23.3 Å². The lowest BCUT2D eigenvalue weighted by Gasteiger charge is -2.21. The number of rotatable bonds is 12. The molecule has 0 aliphatic carbocycles. The van der Waals surface area contributed by atoms with Crippen LogP contribution in [-0.4, -0.2) is 41.7 Å². The van der Waals surface area contributed by atoms with Gasteiger partial charge in [-0.05, 0) is 43.7 Å². The molecule has 1 heterocycles. The first-order valence-corrected chi connectivity index (χ1v) is 9.49. The van der Waals surface area contributed by atoms with Crippen molar-refractivity contribution in [2.45, 2.75) is 59.4 Å². The van der Waals surface area contributed by atoms with E-state index in [0.717, 1.165) is 25.0 Å². The van der Waals surface area contributed by atoms with Crippen LogP contribution in [0, 0.1) is 5.92 Å². The minimum Gasteiger partial charge on any atom is -0.382 e. The molecule has 25 heavy (non-hydrogen) atoms. The number of halogens is 1. The molecule has 0 bridgehead atoms. The van der Waals surface area contributed by atoms with Gasteiger partial charge in [-0.3, -0.25) is 4.79 Å². The molecule has 1 aromatic heterocycles. The van der Waals surface area contributed by atoms with E-state index < -0.39 is 0 Å². The second-order valence-corrected chi connectivity index (χ2v) is 6.77. The summed E-state index contributed by atoms with van der Waals surface area (Å²) in [6, 6.07) is 1.51. The van der Waals surface area contributed by atoms with E-state index in [4.69, 9.17) is 16.3 Å². The van der Waals surface area contributed by atoms with Crippen LogP contribution < -0.4 is 10.6 Å². The number of carbonyl (C=O) groups excluding carboxylic acids is 1. The standard InChI is InChI=1S/C18H31ClN4O2/c1-5-8-14-12-16(23-18(19)21-14)22-15(11-13(3)4)17(24)20-9-7-10-25-6-2/h12-13,15H,5-11H2,1-4H3,(H,20,24)(H,21,22,23)/t15-/m0/s1. The number of hydrogen-bond acceptors (Lipinski definition) is 5. The van der Waals surface area contributed by atoms with Crippen LogP contribution in [-0.2, 0) is 16.0 Å². The minimum atomic E-state index is -0.354. The monoisotopic (exact) mass is 370 g/mol. The van der Waals surface area contributed by atoms with Gasteiger partial charge in [-0.25, -0.2) is 9.97 Å². The summed E-state index contributed by atoms with van der Waals surface area (Å²) in [6.07, 6.45) is 3.31. The first kappa shape index (κ1) is 21.6. The maximum Gasteiger partial charge on any atom is 0.242 e. The zero-order valence-corrected chi connectivity index (χ0v) is 16.5. The van der Waals surface area contributed by atoms with Crippen molar-refractivity contribution in [1.82, 2.24) is 15.3 Å². The van der Waals surface area contributed by atoms with Crippen molar-refractivity contribution in [3.05, 3.63) is 17.0 Å². The van der Waals surface area contributed by atoms with Gasteiger partial charge in [0.15, 0.2) is 0 Å². The Balaban J connectivity index is 2.70. The summed E-state index contributed by atoms with van der Waals surface area (Å²) in [5.74, 6) is 0.939. The highest BCUT2D eigenvalue weighted by Gasteiger charge is 2.20. The molecule has 0 aromatic carbocycles. The fraction of sp³-hybridized carbons (Fsp3) is 0.722. The van der Waals surface area contributed by atoms with Crippen molar-refractivity contribution in [1.29, 1.82) is 0 Å². The predicted molar refractivity (Wildman–Crippen MR) is 102 cm³/mol. The highest BCUT2D eigenvalue weighted by molar-refractivity contribution is 6.28. The summed E-state index contributed by atoms with van der Waals surface area (Å²) >= 11 is 6.01. The molecule has 0 fully saturated rings. The van der Waals surface area contributed by atoms with Crippen LogP contribution in [0.1, 0.15) is 52.7 Å². The van der Waals surface area contributed by atoms with Gasteiger partial charge in [-0.15, -0.1) is 0 Å². The van der Waals surface area contributed by atoms with Crippen LogP contribution in [0.2, 0.25) is 5.28 Å². The molecule has 0 aliphatic rings. The lowest BCUT2D eigenvalue weighted by molar-refractivity contribution is -0.122. The average Bonchev–Trinajstić information content (AvgIpc) is 2.53. The molecular formula is C18H31ClN4O2. The number of nitrogens with one attached hydrogen (secondary N) is 2. The van der Waals surface area contributed by atoms with E-state index in [1.165, 1.54) is 0 Å². The lowest BCUT2D eigenvalue weighted by Crippen LogP contribution is -2.41. The van der Waals surface area contributed by atoms with Crippen molar-refractivity contribution in [2.75, 3.05) is 25.1 Å². The van der Waals surface area contributed by atoms with E-state index in [1.807, 2.05) is 13.0 Å². The van der Waals surface area contributed by atoms with Gasteiger partial charge >= 0.3 is 0 Å². The first-order chi connectivity index (χ1) is 12.0. The smallest absolute Gasteiger partial charge is 0.242 e. The molecule has 0 aliphatic heterocycles. The summed E-state index contributed by atoms with van der Waals surface area (Å²) < 4.78 is 5.29. The topological polar surface area (TPSA) is 76.1 Å². The molecule has 0 saturated carbocycles. The third-order valence-corrected chi connectivity index (χ3v) is 3.74. The van der Waals surface area contributed by atoms with E-state index in [9.17, 15) is 4.79 Å². The van der Waals surface area contributed by atoms with Crippen molar-refractivity contribution in [2.24, 2.45) is 5.92 Å². The number of aromatic nitrogens is 2. The van der Waals surface area contributed by atoms with Crippen LogP contribution in [0.3, 0.4) is 0 Å². The van der Waals surface area contributed by atoms with Crippen molar-refractivity contribution in [3.63, 3.8) is 0 Å². The van der Waals surface area contributed by atoms with Gasteiger partial charge in [0.05, 0.1) is 0 Å². The normalized spacial score (nSPS) is 12.2. The highest BCUT2D eigenvalue weighted by atomic mass is 35.5. The van der Waals surface area contributed by atoms with Gasteiger partial charge in [-0.1, -0.05) is 27.2 Å². The number of amides is 1. The summed E-state index contributed by atoms with van der Waals surface area (Å²) in [5.41, 5.74) is 0.880. The molecule has 142 valence electrons. The number of aryl methyl sites for hydroxylation is 1. The molecular weight excluding hydrogens is 340 g/mol. The quantitative estimate of drug-likeness (QED) is 0.435. The Labute approximate surface area is 156 Å². The second kappa shape index (κ2) is 12.0. The third-order valence-electron chi connectivity index (χ3n) is 3.57. The third kappa shape index (κ3) is 9.02. The molecule has 1 atom stereocenters. The summed E-state index contributed by atoms with van der Waals surface area (Å²) in [5, 5.41) is 6.39. The number of nitrogens with zero attached hydrogens (tertiary/aromatic N) is 2. The Bertz CT molecular complexity index is 526. The summed E-state index contributed by atoms with van der Waals surface area (Å²) in [4.78, 5) is 20.9. The Morgan fingerprint density at radius 1 is 1.32 bits per heavy atom. The molecule has 0 radical (unpaired) electrons. The Morgan fingerprint density at radius 3 is 2.72 bits per heavy atom. The number of carbonyl (C=O) groups is 1. The molecule has 1 amide bonds. The molecule has 7 heteroatoms. The van der Waals surface area contributed by atoms with Crippen LogP contribution in [0.4, 0.5) is 5.82 Å². The van der Waals surface area contributed by atoms with Crippen molar-refractivity contribution < 1.29 is 9.53 Å². The molecule has 0 spiro atoms. The number of hydrogen-bond donors (Lipinski definition) is 2. The van der Waals surface area contributed by atoms with E-state index in [0.29, 0.717) is 37.9 Å². The molecule has 6 nitrogen and oxygen atoms in total. The van der Waals surface area contributed by atoms with Gasteiger partial charge in [0, 0.05) is 31.5 Å². The molecule has 1 aromatic rings. The fourth-order valence-corrected chi connectivity index (χ4v) is 2.66. The molecule has 0 unspecified atom stereocenters. The second-order valence-electron chi connectivity index (χ2n) is 6.43. The van der Waals surface area contributed by atoms with Crippen LogP contribution in [0.5, 0.6) is 0 Å². The van der Waals surface area contributed by atoms with Gasteiger partial charge in [0.1, 0.15) is 11.9 Å². The Morgan fingerprint density at radius 2 is 2.08 bits per heavy atom. The molecule has 0 saturated heterocycles. The minimum absolute atomic E-state index is 0.0306. The van der Waals surface area contributed by atoms with E-state index in [-0.39, 0.29) is 17.2 Å². The van der Waals surface area contributed by atoms with Crippen molar-refractivity contribution in [3.8, 4) is 0 Å². The lowest BCUT2D eigenvalue weighted by atomic mass is 10.0. The molecule has 2 N–H and O–H groups in total. The Kier molecular flexibility index (Phi) is 10.4. The number of anilines is 1. The van der Waals surface area contributed by atoms with Crippen LogP contribution in [0.15, 0.2) is 6.07 Å². The first-order valence-electron chi connectivity index (χ1n) is 9.11. The average molecular weight is 371 g/mol.